The van der Waals surface area contributed by atoms with Crippen molar-refractivity contribution >= 4 is 5.91 Å². The molecule has 2 saturated carbocycles. The maximum absolute atomic E-state index is 12.6. The zero-order valence-electron chi connectivity index (χ0n) is 13.2. The second kappa shape index (κ2) is 4.45. The third-order valence-corrected chi connectivity index (χ3v) is 6.04. The van der Waals surface area contributed by atoms with Crippen molar-refractivity contribution in [3.63, 3.8) is 0 Å². The Balaban J connectivity index is 2.02. The first-order valence-electron chi connectivity index (χ1n) is 7.23. The van der Waals surface area contributed by atoms with Gasteiger partial charge in [0.25, 0.3) is 0 Å². The molecule has 2 atom stereocenters. The van der Waals surface area contributed by atoms with Gasteiger partial charge in [0.05, 0.1) is 11.1 Å². The molecule has 4 nitrogen and oxygen atoms in total. The molecule has 1 amide bonds. The van der Waals surface area contributed by atoms with E-state index >= 15 is 0 Å². The van der Waals surface area contributed by atoms with Crippen LogP contribution in [0.5, 0.6) is 0 Å². The van der Waals surface area contributed by atoms with Gasteiger partial charge < -0.3 is 10.1 Å². The van der Waals surface area contributed by atoms with Crippen LogP contribution >= 0.6 is 0 Å². The van der Waals surface area contributed by atoms with Crippen LogP contribution in [0.25, 0.3) is 0 Å². The fourth-order valence-electron chi connectivity index (χ4n) is 3.40. The van der Waals surface area contributed by atoms with Gasteiger partial charge in [0.2, 0.25) is 5.91 Å². The van der Waals surface area contributed by atoms with Crippen LogP contribution in [0.4, 0.5) is 0 Å². The van der Waals surface area contributed by atoms with Gasteiger partial charge in [0, 0.05) is 18.6 Å². The van der Waals surface area contributed by atoms with Gasteiger partial charge in [-0.25, -0.2) is 0 Å². The van der Waals surface area contributed by atoms with Crippen molar-refractivity contribution in [2.24, 2.45) is 5.41 Å². The van der Waals surface area contributed by atoms with Crippen molar-refractivity contribution < 1.29 is 9.53 Å². The van der Waals surface area contributed by atoms with E-state index in [0.29, 0.717) is 0 Å². The van der Waals surface area contributed by atoms with E-state index in [1.54, 1.807) is 7.11 Å². The minimum atomic E-state index is -0.269. The highest BCUT2D eigenvalue weighted by molar-refractivity contribution is 5.87. The van der Waals surface area contributed by atoms with Gasteiger partial charge in [-0.1, -0.05) is 13.8 Å². The predicted molar refractivity (Wildman–Crippen MR) is 76.0 cm³/mol. The van der Waals surface area contributed by atoms with Gasteiger partial charge >= 0.3 is 0 Å². The Kier molecular flexibility index (Phi) is 3.47. The Morgan fingerprint density at radius 2 is 1.84 bits per heavy atom. The molecule has 0 aromatic heterocycles. The Hall–Kier alpha value is -0.610. The van der Waals surface area contributed by atoms with Crippen LogP contribution < -0.4 is 5.32 Å². The molecule has 2 rings (SSSR count). The lowest BCUT2D eigenvalue weighted by molar-refractivity contribution is -0.185. The minimum Gasteiger partial charge on any atom is -0.378 e. The average Bonchev–Trinajstić information content (AvgIpc) is 2.25. The fraction of sp³-hybridized carbons (Fsp3) is 0.933. The third kappa shape index (κ3) is 1.91. The summed E-state index contributed by atoms with van der Waals surface area (Å²) >= 11 is 0. The SMILES string of the molecule is CO[C@@]1(C)C[C@H](NC(=O)C2(N(C)C)CCC2)C1(C)C. The molecule has 0 aliphatic heterocycles. The highest BCUT2D eigenvalue weighted by Crippen LogP contribution is 2.52. The number of likely N-dealkylation sites (N-methyl/N-ethyl adjacent to an activating group) is 1. The molecular weight excluding hydrogens is 240 g/mol. The van der Waals surface area contributed by atoms with E-state index in [2.05, 4.69) is 31.0 Å². The van der Waals surface area contributed by atoms with Crippen molar-refractivity contribution in [1.29, 1.82) is 0 Å². The highest BCUT2D eigenvalue weighted by Gasteiger charge is 2.59. The number of rotatable bonds is 4. The number of methoxy groups -OCH3 is 1. The summed E-state index contributed by atoms with van der Waals surface area (Å²) in [5, 5.41) is 3.26. The van der Waals surface area contributed by atoms with Crippen LogP contribution in [-0.2, 0) is 9.53 Å². The Bertz CT molecular complexity index is 374. The average molecular weight is 268 g/mol. The maximum Gasteiger partial charge on any atom is 0.240 e. The molecule has 110 valence electrons. The summed E-state index contributed by atoms with van der Waals surface area (Å²) in [5.41, 5.74) is -0.417. The lowest BCUT2D eigenvalue weighted by Crippen LogP contribution is -2.72. The summed E-state index contributed by atoms with van der Waals surface area (Å²) in [6.45, 7) is 6.48. The van der Waals surface area contributed by atoms with Crippen LogP contribution in [0.15, 0.2) is 0 Å². The molecule has 19 heavy (non-hydrogen) atoms. The van der Waals surface area contributed by atoms with E-state index in [-0.39, 0.29) is 28.5 Å². The first kappa shape index (κ1) is 14.8. The molecule has 2 fully saturated rings. The molecule has 2 aliphatic rings. The van der Waals surface area contributed by atoms with Crippen molar-refractivity contribution in [2.75, 3.05) is 21.2 Å². The summed E-state index contributed by atoms with van der Waals surface area (Å²) in [4.78, 5) is 14.7. The normalized spacial score (nSPS) is 35.4. The van der Waals surface area contributed by atoms with Crippen LogP contribution in [0.3, 0.4) is 0 Å². The van der Waals surface area contributed by atoms with Crippen LogP contribution in [0, 0.1) is 5.41 Å². The molecule has 0 saturated heterocycles. The molecule has 1 N–H and O–H groups in total. The second-order valence-corrected chi connectivity index (χ2v) is 7.17. The fourth-order valence-corrected chi connectivity index (χ4v) is 3.40. The van der Waals surface area contributed by atoms with Crippen LogP contribution in [-0.4, -0.2) is 49.2 Å². The third-order valence-electron chi connectivity index (χ3n) is 6.04. The summed E-state index contributed by atoms with van der Waals surface area (Å²) in [7, 11) is 5.76. The van der Waals surface area contributed by atoms with Crippen molar-refractivity contribution in [3.8, 4) is 0 Å². The molecule has 2 aliphatic carbocycles. The van der Waals surface area contributed by atoms with E-state index in [4.69, 9.17) is 4.74 Å². The number of amides is 1. The largest absolute Gasteiger partial charge is 0.378 e. The smallest absolute Gasteiger partial charge is 0.240 e. The van der Waals surface area contributed by atoms with Gasteiger partial charge in [-0.15, -0.1) is 0 Å². The number of hydrogen-bond donors (Lipinski definition) is 1. The lowest BCUT2D eigenvalue weighted by atomic mass is 9.55. The summed E-state index contributed by atoms with van der Waals surface area (Å²) in [5.74, 6) is 0.194. The van der Waals surface area contributed by atoms with Crippen molar-refractivity contribution in [2.45, 2.75) is 63.6 Å². The molecule has 4 heteroatoms. The Morgan fingerprint density at radius 1 is 1.26 bits per heavy atom. The zero-order valence-corrected chi connectivity index (χ0v) is 13.2. The summed E-state index contributed by atoms with van der Waals surface area (Å²) in [6, 6.07) is 0.211. The monoisotopic (exact) mass is 268 g/mol. The van der Waals surface area contributed by atoms with Gasteiger partial charge in [0.1, 0.15) is 0 Å². The molecule has 0 radical (unpaired) electrons. The predicted octanol–water partition coefficient (Wildman–Crippen LogP) is 1.79. The van der Waals surface area contributed by atoms with E-state index in [1.807, 2.05) is 14.1 Å². The number of nitrogens with one attached hydrogen (secondary N) is 1. The first-order chi connectivity index (χ1) is 8.69. The molecule has 0 bridgehead atoms. The van der Waals surface area contributed by atoms with E-state index in [9.17, 15) is 4.79 Å². The van der Waals surface area contributed by atoms with Gasteiger partial charge in [-0.3, -0.25) is 9.69 Å². The minimum absolute atomic E-state index is 0.0192. The van der Waals surface area contributed by atoms with Crippen molar-refractivity contribution in [3.05, 3.63) is 0 Å². The number of carbonyl (C=O) groups is 1. The second-order valence-electron chi connectivity index (χ2n) is 7.17. The molecule has 0 heterocycles. The number of nitrogens with zero attached hydrogens (tertiary/aromatic N) is 1. The standard InChI is InChI=1S/C15H28N2O2/c1-13(2)11(10-14(13,3)19-6)16-12(18)15(17(4)5)8-7-9-15/h11H,7-10H2,1-6H3,(H,16,18)/t11-,14-/m0/s1. The Morgan fingerprint density at radius 3 is 2.16 bits per heavy atom. The number of ether oxygens (including phenoxy) is 1. The molecule has 0 unspecified atom stereocenters. The van der Waals surface area contributed by atoms with Gasteiger partial charge in [-0.05, 0) is 46.7 Å². The number of carbonyl (C=O) groups excluding carboxylic acids is 1. The Labute approximate surface area is 116 Å². The summed E-state index contributed by atoms with van der Waals surface area (Å²) in [6.07, 6.45) is 3.99. The molecule has 0 aromatic carbocycles. The molecule has 0 aromatic rings. The molecular formula is C15H28N2O2. The quantitative estimate of drug-likeness (QED) is 0.845. The topological polar surface area (TPSA) is 41.6 Å². The van der Waals surface area contributed by atoms with Gasteiger partial charge in [-0.2, -0.15) is 0 Å². The first-order valence-corrected chi connectivity index (χ1v) is 7.23. The zero-order chi connectivity index (χ0) is 14.5. The highest BCUT2D eigenvalue weighted by atomic mass is 16.5. The number of hydrogen-bond acceptors (Lipinski definition) is 3. The van der Waals surface area contributed by atoms with Crippen molar-refractivity contribution in [1.82, 2.24) is 10.2 Å². The maximum atomic E-state index is 12.6. The van der Waals surface area contributed by atoms with E-state index < -0.39 is 0 Å². The molecule has 0 spiro atoms. The van der Waals surface area contributed by atoms with Crippen LogP contribution in [0.2, 0.25) is 0 Å². The van der Waals surface area contributed by atoms with Gasteiger partial charge in [0.15, 0.2) is 0 Å². The van der Waals surface area contributed by atoms with E-state index in [1.165, 1.54) is 0 Å². The lowest BCUT2D eigenvalue weighted by Gasteiger charge is -2.60. The van der Waals surface area contributed by atoms with Crippen LogP contribution in [0.1, 0.15) is 46.5 Å². The van der Waals surface area contributed by atoms with E-state index in [0.717, 1.165) is 25.7 Å². The summed E-state index contributed by atoms with van der Waals surface area (Å²) < 4.78 is 5.61.